The van der Waals surface area contributed by atoms with Crippen molar-refractivity contribution in [2.45, 2.75) is 38.4 Å². The van der Waals surface area contributed by atoms with E-state index in [0.29, 0.717) is 29.2 Å². The number of thiazole rings is 1. The zero-order chi connectivity index (χ0) is 21.6. The number of halogens is 3. The second-order valence-corrected chi connectivity index (χ2v) is 9.39. The molecule has 166 valence electrons. The lowest BCUT2D eigenvalue weighted by molar-refractivity contribution is -0.139. The smallest absolute Gasteiger partial charge is 0.392 e. The van der Waals surface area contributed by atoms with E-state index in [1.54, 1.807) is 34.2 Å². The second-order valence-electron chi connectivity index (χ2n) is 8.18. The second kappa shape index (κ2) is 7.85. The monoisotopic (exact) mass is 452 g/mol. The maximum absolute atomic E-state index is 12.4. The third kappa shape index (κ3) is 4.28. The van der Waals surface area contributed by atoms with Gasteiger partial charge in [-0.1, -0.05) is 0 Å². The number of piperidine rings is 1. The molecule has 3 aromatic rings. The fraction of sp³-hybridized carbons (Fsp3) is 0.550. The number of pyridine rings is 1. The molecule has 0 radical (unpaired) electrons. The van der Waals surface area contributed by atoms with Crippen LogP contribution in [0.2, 0.25) is 0 Å². The molecule has 0 spiro atoms. The van der Waals surface area contributed by atoms with Crippen LogP contribution in [0.1, 0.15) is 24.3 Å². The fourth-order valence-electron chi connectivity index (χ4n) is 4.62. The number of rotatable bonds is 6. The van der Waals surface area contributed by atoms with Crippen LogP contribution >= 0.6 is 11.3 Å². The highest BCUT2D eigenvalue weighted by Crippen LogP contribution is 2.41. The molecule has 1 saturated carbocycles. The van der Waals surface area contributed by atoms with Gasteiger partial charge in [0.2, 0.25) is 5.95 Å². The Bertz CT molecular complexity index is 1050. The third-order valence-electron chi connectivity index (χ3n) is 6.02. The number of fused-ring (bicyclic) bond motifs is 3. The van der Waals surface area contributed by atoms with Gasteiger partial charge in [0.05, 0.1) is 24.2 Å². The van der Waals surface area contributed by atoms with Crippen LogP contribution in [0.15, 0.2) is 24.5 Å². The van der Waals surface area contributed by atoms with Crippen molar-refractivity contribution in [2.24, 2.45) is 11.8 Å². The molecule has 5 rings (SSSR count). The van der Waals surface area contributed by atoms with E-state index in [9.17, 15) is 13.2 Å². The Morgan fingerprint density at radius 3 is 2.71 bits per heavy atom. The van der Waals surface area contributed by atoms with Crippen molar-refractivity contribution < 1.29 is 17.9 Å². The van der Waals surface area contributed by atoms with Crippen LogP contribution in [-0.2, 0) is 0 Å². The van der Waals surface area contributed by atoms with Crippen LogP contribution in [0.4, 0.5) is 24.1 Å². The molecule has 1 N–H and O–H groups in total. The predicted octanol–water partition coefficient (Wildman–Crippen LogP) is 4.15. The first-order chi connectivity index (χ1) is 14.9. The molecule has 1 aliphatic heterocycles. The van der Waals surface area contributed by atoms with Crippen molar-refractivity contribution in [3.05, 3.63) is 29.5 Å². The largest absolute Gasteiger partial charge is 0.489 e. The molecule has 2 bridgehead atoms. The minimum atomic E-state index is -4.25. The molecule has 31 heavy (non-hydrogen) atoms. The zero-order valence-corrected chi connectivity index (χ0v) is 17.8. The van der Waals surface area contributed by atoms with Crippen LogP contribution < -0.4 is 15.0 Å². The number of aromatic nitrogens is 4. The molecule has 3 aromatic heterocycles. The van der Waals surface area contributed by atoms with Gasteiger partial charge in [0.25, 0.3) is 0 Å². The highest BCUT2D eigenvalue weighted by molar-refractivity contribution is 7.15. The van der Waals surface area contributed by atoms with E-state index in [1.165, 1.54) is 5.00 Å². The van der Waals surface area contributed by atoms with E-state index in [4.69, 9.17) is 4.74 Å². The third-order valence-corrected chi connectivity index (χ3v) is 6.99. The average Bonchev–Trinajstić information content (AvgIpc) is 3.37. The summed E-state index contributed by atoms with van der Waals surface area (Å²) >= 11 is 1.73. The maximum Gasteiger partial charge on any atom is 0.392 e. The molecule has 0 aromatic carbocycles. The normalized spacial score (nSPS) is 23.5. The number of hydrogen-bond donors (Lipinski definition) is 1. The summed E-state index contributed by atoms with van der Waals surface area (Å²) in [7, 11) is 0. The summed E-state index contributed by atoms with van der Waals surface area (Å²) in [5.41, 5.74) is 0.414. The molecular formula is C20H23F3N6OS. The lowest BCUT2D eigenvalue weighted by atomic mass is 9.92. The molecule has 0 amide bonds. The first-order valence-corrected chi connectivity index (χ1v) is 11.2. The van der Waals surface area contributed by atoms with Gasteiger partial charge in [-0.15, -0.1) is 16.4 Å². The summed E-state index contributed by atoms with van der Waals surface area (Å²) in [5, 5.41) is 10.3. The van der Waals surface area contributed by atoms with Gasteiger partial charge in [-0.3, -0.25) is 0 Å². The Morgan fingerprint density at radius 1 is 1.26 bits per heavy atom. The molecule has 0 unspecified atom stereocenters. The molecule has 1 aliphatic carbocycles. The van der Waals surface area contributed by atoms with Gasteiger partial charge in [0.15, 0.2) is 11.4 Å². The summed E-state index contributed by atoms with van der Waals surface area (Å²) < 4.78 is 44.2. The fourth-order valence-corrected chi connectivity index (χ4v) is 5.41. The van der Waals surface area contributed by atoms with E-state index in [-0.39, 0.29) is 6.04 Å². The zero-order valence-electron chi connectivity index (χ0n) is 17.0. The summed E-state index contributed by atoms with van der Waals surface area (Å²) in [5.74, 6) is 1.74. The lowest BCUT2D eigenvalue weighted by Gasteiger charge is -2.38. The summed E-state index contributed by atoms with van der Waals surface area (Å²) in [6, 6.07) is 3.58. The predicted molar refractivity (Wildman–Crippen MR) is 112 cm³/mol. The quantitative estimate of drug-likeness (QED) is 0.606. The van der Waals surface area contributed by atoms with E-state index in [0.717, 1.165) is 30.9 Å². The summed E-state index contributed by atoms with van der Waals surface area (Å²) in [6.45, 7) is 3.51. The van der Waals surface area contributed by atoms with Crippen molar-refractivity contribution in [3.63, 3.8) is 0 Å². The minimum Gasteiger partial charge on any atom is -0.489 e. The van der Waals surface area contributed by atoms with Crippen LogP contribution in [0.5, 0.6) is 5.75 Å². The minimum absolute atomic E-state index is 0.275. The number of ether oxygens (including phenoxy) is 1. The van der Waals surface area contributed by atoms with Gasteiger partial charge in [0.1, 0.15) is 5.00 Å². The lowest BCUT2D eigenvalue weighted by Crippen LogP contribution is -2.48. The van der Waals surface area contributed by atoms with Gasteiger partial charge in [-0.2, -0.15) is 18.2 Å². The van der Waals surface area contributed by atoms with Gasteiger partial charge in [0, 0.05) is 25.3 Å². The number of hydrogen-bond acceptors (Lipinski definition) is 7. The SMILES string of the molecule is Cc1ncc(N2C[C@H]3CC[C@@H](C2)[C@@H]3Nc2nc3c(OCCC(F)(F)F)cccn3n2)s1. The van der Waals surface area contributed by atoms with Crippen LogP contribution in [-0.4, -0.2) is 51.5 Å². The Hall–Kier alpha value is -2.56. The van der Waals surface area contributed by atoms with E-state index >= 15 is 0 Å². The number of anilines is 2. The van der Waals surface area contributed by atoms with Crippen LogP contribution in [0, 0.1) is 18.8 Å². The van der Waals surface area contributed by atoms with Crippen molar-refractivity contribution in [1.29, 1.82) is 0 Å². The molecular weight excluding hydrogens is 429 g/mol. The van der Waals surface area contributed by atoms with Crippen molar-refractivity contribution in [3.8, 4) is 5.75 Å². The number of nitrogens with zero attached hydrogens (tertiary/aromatic N) is 5. The van der Waals surface area contributed by atoms with Gasteiger partial charge >= 0.3 is 6.18 Å². The summed E-state index contributed by atoms with van der Waals surface area (Å²) in [4.78, 5) is 11.3. The number of alkyl halides is 3. The molecule has 3 atom stereocenters. The Morgan fingerprint density at radius 2 is 2.03 bits per heavy atom. The summed E-state index contributed by atoms with van der Waals surface area (Å²) in [6.07, 6.45) is 0.711. The molecule has 4 heterocycles. The highest BCUT2D eigenvalue weighted by atomic mass is 32.1. The first kappa shape index (κ1) is 20.3. The Kier molecular flexibility index (Phi) is 5.15. The molecule has 1 saturated heterocycles. The Balaban J connectivity index is 1.28. The van der Waals surface area contributed by atoms with E-state index < -0.39 is 19.2 Å². The van der Waals surface area contributed by atoms with E-state index in [1.807, 2.05) is 13.1 Å². The van der Waals surface area contributed by atoms with Crippen molar-refractivity contribution in [1.82, 2.24) is 19.6 Å². The standard InChI is InChI=1S/C20H23F3N6OS/c1-12-24-9-16(31-12)28-10-13-4-5-14(11-28)17(13)25-19-26-18-15(3-2-7-29(18)27-19)30-8-6-20(21,22)23/h2-3,7,9,13-14,17H,4-6,8,10-11H2,1H3,(H,25,27)/t13-,14+,17-. The number of nitrogens with one attached hydrogen (secondary N) is 1. The van der Waals surface area contributed by atoms with E-state index in [2.05, 4.69) is 25.3 Å². The van der Waals surface area contributed by atoms with Crippen LogP contribution in [0.25, 0.3) is 5.65 Å². The van der Waals surface area contributed by atoms with Gasteiger partial charge in [-0.25, -0.2) is 9.50 Å². The maximum atomic E-state index is 12.4. The molecule has 2 fully saturated rings. The van der Waals surface area contributed by atoms with Crippen LogP contribution in [0.3, 0.4) is 0 Å². The molecule has 2 aliphatic rings. The van der Waals surface area contributed by atoms with Crippen molar-refractivity contribution in [2.75, 3.05) is 29.9 Å². The van der Waals surface area contributed by atoms with Gasteiger partial charge < -0.3 is 15.0 Å². The van der Waals surface area contributed by atoms with Crippen molar-refractivity contribution >= 4 is 27.9 Å². The Labute approximate surface area is 181 Å². The average molecular weight is 453 g/mol. The highest BCUT2D eigenvalue weighted by Gasteiger charge is 2.43. The molecule has 7 nitrogen and oxygen atoms in total. The number of aryl methyl sites for hydroxylation is 1. The molecule has 11 heteroatoms. The van der Waals surface area contributed by atoms with Gasteiger partial charge in [-0.05, 0) is 43.7 Å². The topological polar surface area (TPSA) is 67.6 Å². The first-order valence-electron chi connectivity index (χ1n) is 10.3.